The van der Waals surface area contributed by atoms with Gasteiger partial charge in [0.25, 0.3) is 0 Å². The van der Waals surface area contributed by atoms with Crippen LogP contribution in [-0.4, -0.2) is 19.2 Å². The number of hydrogen-bond donors (Lipinski definition) is 0. The molecule has 1 heterocycles. The van der Waals surface area contributed by atoms with Crippen molar-refractivity contribution in [2.75, 3.05) is 5.75 Å². The molecule has 3 nitrogen and oxygen atoms in total. The molecule has 0 atom stereocenters. The molecule has 1 aliphatic rings. The third kappa shape index (κ3) is 2.46. The SMILES string of the molecule is O=S(=O)(Cl)CCc1nc2c(s1)CCC2. The predicted molar refractivity (Wildman–Crippen MR) is 57.5 cm³/mol. The summed E-state index contributed by atoms with van der Waals surface area (Å²) < 4.78 is 21.4. The quantitative estimate of drug-likeness (QED) is 0.769. The maximum Gasteiger partial charge on any atom is 0.233 e. The highest BCUT2D eigenvalue weighted by molar-refractivity contribution is 8.13. The third-order valence-electron chi connectivity index (χ3n) is 2.20. The van der Waals surface area contributed by atoms with Crippen LogP contribution in [-0.2, 0) is 28.3 Å². The van der Waals surface area contributed by atoms with Crippen molar-refractivity contribution in [3.8, 4) is 0 Å². The van der Waals surface area contributed by atoms with Gasteiger partial charge >= 0.3 is 0 Å². The van der Waals surface area contributed by atoms with E-state index in [1.54, 1.807) is 11.3 Å². The van der Waals surface area contributed by atoms with Gasteiger partial charge in [0.1, 0.15) is 0 Å². The molecule has 0 spiro atoms. The number of rotatable bonds is 3. The normalized spacial score (nSPS) is 15.8. The minimum absolute atomic E-state index is 0.0129. The molecule has 0 radical (unpaired) electrons. The molecule has 0 aromatic carbocycles. The van der Waals surface area contributed by atoms with Crippen LogP contribution < -0.4 is 0 Å². The fourth-order valence-electron chi connectivity index (χ4n) is 1.56. The largest absolute Gasteiger partial charge is 0.246 e. The Kier molecular flexibility index (Phi) is 2.81. The van der Waals surface area contributed by atoms with E-state index in [2.05, 4.69) is 4.98 Å². The second-order valence-corrected chi connectivity index (χ2v) is 7.39. The van der Waals surface area contributed by atoms with Crippen LogP contribution in [0.3, 0.4) is 0 Å². The van der Waals surface area contributed by atoms with Gasteiger partial charge in [0.05, 0.1) is 16.5 Å². The summed E-state index contributed by atoms with van der Waals surface area (Å²) in [5.41, 5.74) is 1.16. The number of aromatic nitrogens is 1. The molecule has 0 aliphatic heterocycles. The molecule has 0 saturated heterocycles. The number of aryl methyl sites for hydroxylation is 3. The Morgan fingerprint density at radius 2 is 2.21 bits per heavy atom. The molecule has 0 saturated carbocycles. The van der Waals surface area contributed by atoms with E-state index in [-0.39, 0.29) is 5.75 Å². The fourth-order valence-corrected chi connectivity index (χ4v) is 3.51. The molecule has 14 heavy (non-hydrogen) atoms. The Balaban J connectivity index is 2.05. The summed E-state index contributed by atoms with van der Waals surface area (Å²) in [6.07, 6.45) is 3.77. The highest BCUT2D eigenvalue weighted by atomic mass is 35.7. The minimum atomic E-state index is -3.38. The summed E-state index contributed by atoms with van der Waals surface area (Å²) in [4.78, 5) is 5.72. The lowest BCUT2D eigenvalue weighted by atomic mass is 10.4. The molecule has 1 aliphatic carbocycles. The van der Waals surface area contributed by atoms with E-state index in [1.807, 2.05) is 0 Å². The lowest BCUT2D eigenvalue weighted by Crippen LogP contribution is -2.00. The van der Waals surface area contributed by atoms with Gasteiger partial charge in [-0.2, -0.15) is 0 Å². The first-order valence-electron chi connectivity index (χ1n) is 4.44. The molecule has 0 fully saturated rings. The van der Waals surface area contributed by atoms with Crippen molar-refractivity contribution in [1.82, 2.24) is 4.98 Å². The zero-order valence-corrected chi connectivity index (χ0v) is 9.88. The van der Waals surface area contributed by atoms with Gasteiger partial charge in [-0.25, -0.2) is 13.4 Å². The minimum Gasteiger partial charge on any atom is -0.246 e. The Morgan fingerprint density at radius 1 is 1.43 bits per heavy atom. The highest BCUT2D eigenvalue weighted by Gasteiger charge is 2.17. The molecule has 1 aromatic heterocycles. The fraction of sp³-hybridized carbons (Fsp3) is 0.625. The molecule has 0 amide bonds. The van der Waals surface area contributed by atoms with Gasteiger partial charge in [0, 0.05) is 22.0 Å². The number of fused-ring (bicyclic) bond motifs is 1. The van der Waals surface area contributed by atoms with Crippen LogP contribution in [0, 0.1) is 0 Å². The number of hydrogen-bond acceptors (Lipinski definition) is 4. The maximum absolute atomic E-state index is 10.7. The van der Waals surface area contributed by atoms with Gasteiger partial charge in [-0.3, -0.25) is 0 Å². The summed E-state index contributed by atoms with van der Waals surface area (Å²) in [6.45, 7) is 0. The molecule has 2 rings (SSSR count). The first-order chi connectivity index (χ1) is 6.54. The van der Waals surface area contributed by atoms with E-state index in [0.717, 1.165) is 23.5 Å². The average Bonchev–Trinajstić information content (AvgIpc) is 2.56. The van der Waals surface area contributed by atoms with Crippen LogP contribution in [0.2, 0.25) is 0 Å². The third-order valence-corrected chi connectivity index (χ3v) is 4.57. The summed E-state index contributed by atoms with van der Waals surface area (Å²) >= 11 is 1.63. The van der Waals surface area contributed by atoms with E-state index in [0.29, 0.717) is 6.42 Å². The van der Waals surface area contributed by atoms with Crippen molar-refractivity contribution >= 4 is 31.1 Å². The molecular weight excluding hydrogens is 242 g/mol. The molecule has 78 valence electrons. The Labute approximate surface area is 91.5 Å². The van der Waals surface area contributed by atoms with Crippen molar-refractivity contribution in [2.24, 2.45) is 0 Å². The molecule has 0 bridgehead atoms. The van der Waals surface area contributed by atoms with E-state index in [4.69, 9.17) is 10.7 Å². The van der Waals surface area contributed by atoms with Gasteiger partial charge in [0.2, 0.25) is 9.05 Å². The lowest BCUT2D eigenvalue weighted by Gasteiger charge is -1.92. The highest BCUT2D eigenvalue weighted by Crippen LogP contribution is 2.27. The van der Waals surface area contributed by atoms with E-state index in [1.165, 1.54) is 11.3 Å². The van der Waals surface area contributed by atoms with Crippen LogP contribution >= 0.6 is 22.0 Å². The molecular formula is C8H10ClNO2S2. The zero-order chi connectivity index (χ0) is 10.2. The summed E-state index contributed by atoms with van der Waals surface area (Å²) in [5, 5.41) is 0.902. The zero-order valence-electron chi connectivity index (χ0n) is 7.49. The van der Waals surface area contributed by atoms with Gasteiger partial charge < -0.3 is 0 Å². The first kappa shape index (κ1) is 10.4. The summed E-state index contributed by atoms with van der Waals surface area (Å²) in [7, 11) is 1.75. The second kappa shape index (κ2) is 3.79. The van der Waals surface area contributed by atoms with Gasteiger partial charge in [-0.05, 0) is 19.3 Å². The molecule has 0 unspecified atom stereocenters. The van der Waals surface area contributed by atoms with Crippen molar-refractivity contribution in [2.45, 2.75) is 25.7 Å². The van der Waals surface area contributed by atoms with Gasteiger partial charge in [-0.1, -0.05) is 0 Å². The number of halogens is 1. The van der Waals surface area contributed by atoms with Crippen LogP contribution in [0.5, 0.6) is 0 Å². The monoisotopic (exact) mass is 251 g/mol. The van der Waals surface area contributed by atoms with Gasteiger partial charge in [0.15, 0.2) is 0 Å². The van der Waals surface area contributed by atoms with Gasteiger partial charge in [-0.15, -0.1) is 11.3 Å². The smallest absolute Gasteiger partial charge is 0.233 e. The van der Waals surface area contributed by atoms with Crippen LogP contribution in [0.25, 0.3) is 0 Å². The van der Waals surface area contributed by atoms with Crippen molar-refractivity contribution < 1.29 is 8.42 Å². The number of thiazole rings is 1. The average molecular weight is 252 g/mol. The van der Waals surface area contributed by atoms with E-state index in [9.17, 15) is 8.42 Å². The molecule has 0 N–H and O–H groups in total. The topological polar surface area (TPSA) is 47.0 Å². The molecule has 1 aromatic rings. The van der Waals surface area contributed by atoms with Crippen molar-refractivity contribution in [3.63, 3.8) is 0 Å². The standard InChI is InChI=1S/C8H10ClNO2S2/c9-14(11,12)5-4-8-10-6-2-1-3-7(6)13-8/h1-5H2. The van der Waals surface area contributed by atoms with E-state index >= 15 is 0 Å². The molecule has 6 heteroatoms. The van der Waals surface area contributed by atoms with Crippen LogP contribution in [0.15, 0.2) is 0 Å². The second-order valence-electron chi connectivity index (χ2n) is 3.32. The van der Waals surface area contributed by atoms with Crippen molar-refractivity contribution in [1.29, 1.82) is 0 Å². The number of nitrogens with zero attached hydrogens (tertiary/aromatic N) is 1. The Morgan fingerprint density at radius 3 is 2.86 bits per heavy atom. The van der Waals surface area contributed by atoms with Crippen molar-refractivity contribution in [3.05, 3.63) is 15.6 Å². The Bertz CT molecular complexity index is 417. The lowest BCUT2D eigenvalue weighted by molar-refractivity contribution is 0.608. The first-order valence-corrected chi connectivity index (χ1v) is 7.74. The Hall–Kier alpha value is -0.130. The maximum atomic E-state index is 10.7. The van der Waals surface area contributed by atoms with Crippen LogP contribution in [0.4, 0.5) is 0 Å². The van der Waals surface area contributed by atoms with Crippen LogP contribution in [0.1, 0.15) is 22.0 Å². The summed E-state index contributed by atoms with van der Waals surface area (Å²) in [5.74, 6) is -0.0129. The predicted octanol–water partition coefficient (Wildman–Crippen LogP) is 1.74. The summed E-state index contributed by atoms with van der Waals surface area (Å²) in [6, 6.07) is 0. The van der Waals surface area contributed by atoms with E-state index < -0.39 is 9.05 Å².